The Morgan fingerprint density at radius 3 is 2.85 bits per heavy atom. The molecular weight excluding hydrogens is 371 g/mol. The average molecular weight is 385 g/mol. The van der Waals surface area contributed by atoms with Crippen LogP contribution in [-0.4, -0.2) is 17.5 Å². The van der Waals surface area contributed by atoms with Crippen molar-refractivity contribution in [2.75, 3.05) is 11.9 Å². The van der Waals surface area contributed by atoms with E-state index in [1.54, 1.807) is 24.3 Å². The van der Waals surface area contributed by atoms with E-state index in [4.69, 9.17) is 22.1 Å². The zero-order chi connectivity index (χ0) is 19.6. The van der Waals surface area contributed by atoms with Crippen molar-refractivity contribution in [1.29, 1.82) is 5.26 Å². The lowest BCUT2D eigenvalue weighted by Gasteiger charge is -2.15. The number of nitrogens with one attached hydrogen (secondary N) is 1. The minimum Gasteiger partial charge on any atom is -0.494 e. The summed E-state index contributed by atoms with van der Waals surface area (Å²) in [4.78, 5) is 16.0. The third kappa shape index (κ3) is 3.48. The molecule has 27 heavy (non-hydrogen) atoms. The molecule has 0 spiro atoms. The Morgan fingerprint density at radius 2 is 2.19 bits per heavy atom. The number of hydrogen-bond acceptors (Lipinski definition) is 5. The smallest absolute Gasteiger partial charge is 0.268 e. The summed E-state index contributed by atoms with van der Waals surface area (Å²) in [5, 5.41) is 12.8. The Kier molecular flexibility index (Phi) is 5.10. The number of ether oxygens (including phenoxy) is 1. The first-order valence-electron chi connectivity index (χ1n) is 7.97. The van der Waals surface area contributed by atoms with Gasteiger partial charge in [0.15, 0.2) is 5.82 Å². The maximum absolute atomic E-state index is 14.3. The third-order valence-corrected chi connectivity index (χ3v) is 4.12. The molecule has 0 saturated carbocycles. The second-order valence-electron chi connectivity index (χ2n) is 5.52. The van der Waals surface area contributed by atoms with E-state index in [1.807, 2.05) is 13.0 Å². The van der Waals surface area contributed by atoms with Crippen LogP contribution >= 0.6 is 11.6 Å². The number of primary amides is 1. The van der Waals surface area contributed by atoms with Gasteiger partial charge in [-0.15, -0.1) is 0 Å². The van der Waals surface area contributed by atoms with E-state index < -0.39 is 11.7 Å². The highest BCUT2D eigenvalue weighted by atomic mass is 35.5. The normalized spacial score (nSPS) is 10.4. The maximum atomic E-state index is 14.3. The molecule has 3 rings (SSSR count). The van der Waals surface area contributed by atoms with Crippen LogP contribution in [0, 0.1) is 17.1 Å². The van der Waals surface area contributed by atoms with E-state index in [2.05, 4.69) is 10.3 Å². The molecule has 8 heteroatoms. The highest BCUT2D eigenvalue weighted by Gasteiger charge is 2.20. The van der Waals surface area contributed by atoms with Gasteiger partial charge in [0.1, 0.15) is 23.1 Å². The van der Waals surface area contributed by atoms with Crippen molar-refractivity contribution in [2.45, 2.75) is 6.92 Å². The molecule has 2 aromatic carbocycles. The first-order valence-corrected chi connectivity index (χ1v) is 8.35. The standard InChI is InChI=1S/C19H14ClFN4O2/c1-2-27-10-6-7-11-15(8-10)25-18(19(23)26)12(9-22)17(11)24-14-5-3-4-13(20)16(14)21/h3-8H,2H2,1H3,(H2,23,26)(H,24,25). The van der Waals surface area contributed by atoms with Crippen LogP contribution in [0.5, 0.6) is 5.75 Å². The number of rotatable bonds is 5. The number of amides is 1. The Balaban J connectivity index is 2.29. The Morgan fingerprint density at radius 1 is 1.41 bits per heavy atom. The molecule has 1 aromatic heterocycles. The molecular formula is C19H14ClFN4O2. The van der Waals surface area contributed by atoms with Gasteiger partial charge in [0.2, 0.25) is 0 Å². The van der Waals surface area contributed by atoms with Crippen molar-refractivity contribution >= 4 is 39.8 Å². The molecule has 6 nitrogen and oxygen atoms in total. The first-order chi connectivity index (χ1) is 13.0. The van der Waals surface area contributed by atoms with Gasteiger partial charge >= 0.3 is 0 Å². The highest BCUT2D eigenvalue weighted by molar-refractivity contribution is 6.31. The molecule has 0 unspecified atom stereocenters. The van der Waals surface area contributed by atoms with E-state index >= 15 is 0 Å². The molecule has 0 radical (unpaired) electrons. The number of benzene rings is 2. The zero-order valence-electron chi connectivity index (χ0n) is 14.2. The van der Waals surface area contributed by atoms with Gasteiger partial charge in [0.25, 0.3) is 5.91 Å². The monoisotopic (exact) mass is 384 g/mol. The maximum Gasteiger partial charge on any atom is 0.268 e. The Bertz CT molecular complexity index is 1100. The second-order valence-corrected chi connectivity index (χ2v) is 5.93. The van der Waals surface area contributed by atoms with E-state index in [0.717, 1.165) is 0 Å². The minimum atomic E-state index is -0.870. The molecule has 0 bridgehead atoms. The Hall–Kier alpha value is -3.37. The van der Waals surface area contributed by atoms with Crippen molar-refractivity contribution in [2.24, 2.45) is 5.73 Å². The summed E-state index contributed by atoms with van der Waals surface area (Å²) in [5.41, 5.74) is 5.72. The Labute approximate surface area is 159 Å². The number of halogens is 2. The van der Waals surface area contributed by atoms with Crippen LogP contribution in [0.15, 0.2) is 36.4 Å². The number of carbonyl (C=O) groups is 1. The predicted octanol–water partition coefficient (Wildman–Crippen LogP) is 4.14. The van der Waals surface area contributed by atoms with Crippen LogP contribution < -0.4 is 15.8 Å². The molecule has 1 amide bonds. The first kappa shape index (κ1) is 18.4. The lowest BCUT2D eigenvalue weighted by atomic mass is 10.0. The summed E-state index contributed by atoms with van der Waals surface area (Å²) in [7, 11) is 0. The number of fused-ring (bicyclic) bond motifs is 1. The van der Waals surface area contributed by atoms with Crippen LogP contribution in [0.3, 0.4) is 0 Å². The molecule has 0 aliphatic rings. The summed E-state index contributed by atoms with van der Waals surface area (Å²) in [6, 6.07) is 11.3. The van der Waals surface area contributed by atoms with E-state index in [-0.39, 0.29) is 27.7 Å². The minimum absolute atomic E-state index is 0.0517. The van der Waals surface area contributed by atoms with Crippen molar-refractivity contribution in [3.05, 3.63) is 58.5 Å². The van der Waals surface area contributed by atoms with E-state index in [1.165, 1.54) is 12.1 Å². The number of anilines is 2. The number of nitrogens with zero attached hydrogens (tertiary/aromatic N) is 2. The number of aromatic nitrogens is 1. The fraction of sp³-hybridized carbons (Fsp3) is 0.105. The lowest BCUT2D eigenvalue weighted by molar-refractivity contribution is 0.0995. The molecule has 0 aliphatic carbocycles. The van der Waals surface area contributed by atoms with Gasteiger partial charge in [0.05, 0.1) is 28.5 Å². The number of hydrogen-bond donors (Lipinski definition) is 2. The molecule has 0 fully saturated rings. The summed E-state index contributed by atoms with van der Waals surface area (Å²) >= 11 is 5.83. The second kappa shape index (κ2) is 7.48. The number of pyridine rings is 1. The van der Waals surface area contributed by atoms with Crippen molar-refractivity contribution in [1.82, 2.24) is 4.98 Å². The van der Waals surface area contributed by atoms with Gasteiger partial charge in [0, 0.05) is 11.5 Å². The van der Waals surface area contributed by atoms with E-state index in [9.17, 15) is 14.4 Å². The summed E-state index contributed by atoms with van der Waals surface area (Å²) in [5.74, 6) is -1.01. The number of nitriles is 1. The average Bonchev–Trinajstić information content (AvgIpc) is 2.65. The molecule has 1 heterocycles. The van der Waals surface area contributed by atoms with Gasteiger partial charge in [-0.2, -0.15) is 5.26 Å². The largest absolute Gasteiger partial charge is 0.494 e. The van der Waals surface area contributed by atoms with Crippen molar-refractivity contribution in [3.8, 4) is 11.8 Å². The predicted molar refractivity (Wildman–Crippen MR) is 101 cm³/mol. The fourth-order valence-electron chi connectivity index (χ4n) is 2.65. The van der Waals surface area contributed by atoms with Crippen molar-refractivity contribution in [3.63, 3.8) is 0 Å². The van der Waals surface area contributed by atoms with Crippen LogP contribution in [0.25, 0.3) is 10.9 Å². The molecule has 3 N–H and O–H groups in total. The zero-order valence-corrected chi connectivity index (χ0v) is 15.0. The third-order valence-electron chi connectivity index (χ3n) is 3.83. The SMILES string of the molecule is CCOc1ccc2c(Nc3cccc(Cl)c3F)c(C#N)c(C(N)=O)nc2c1. The highest BCUT2D eigenvalue weighted by Crippen LogP contribution is 2.34. The fourth-order valence-corrected chi connectivity index (χ4v) is 2.83. The van der Waals surface area contributed by atoms with Crippen LogP contribution in [0.2, 0.25) is 5.02 Å². The number of carbonyl (C=O) groups excluding carboxylic acids is 1. The van der Waals surface area contributed by atoms with Gasteiger partial charge in [-0.1, -0.05) is 17.7 Å². The van der Waals surface area contributed by atoms with Crippen molar-refractivity contribution < 1.29 is 13.9 Å². The lowest BCUT2D eigenvalue weighted by Crippen LogP contribution is -2.16. The summed E-state index contributed by atoms with van der Waals surface area (Å²) in [6.45, 7) is 2.28. The van der Waals surface area contributed by atoms with Gasteiger partial charge in [-0.25, -0.2) is 9.37 Å². The van der Waals surface area contributed by atoms with Crippen LogP contribution in [-0.2, 0) is 0 Å². The summed E-state index contributed by atoms with van der Waals surface area (Å²) in [6.07, 6.45) is 0. The van der Waals surface area contributed by atoms with Crippen LogP contribution in [0.1, 0.15) is 23.0 Å². The molecule has 3 aromatic rings. The van der Waals surface area contributed by atoms with Crippen LogP contribution in [0.4, 0.5) is 15.8 Å². The molecule has 0 aliphatic heterocycles. The molecule has 0 atom stereocenters. The molecule has 136 valence electrons. The van der Waals surface area contributed by atoms with Gasteiger partial charge in [-0.05, 0) is 31.2 Å². The quantitative estimate of drug-likeness (QED) is 0.688. The van der Waals surface area contributed by atoms with Gasteiger partial charge in [-0.3, -0.25) is 4.79 Å². The molecule has 0 saturated heterocycles. The number of nitrogens with two attached hydrogens (primary N) is 1. The van der Waals surface area contributed by atoms with E-state index in [0.29, 0.717) is 23.3 Å². The topological polar surface area (TPSA) is 101 Å². The summed E-state index contributed by atoms with van der Waals surface area (Å²) < 4.78 is 19.8. The van der Waals surface area contributed by atoms with Gasteiger partial charge < -0.3 is 15.8 Å².